The number of fused-ring (bicyclic) bond motifs is 5. The van der Waals surface area contributed by atoms with E-state index in [1.807, 2.05) is 0 Å². The Hall–Kier alpha value is 0. The second-order valence-corrected chi connectivity index (χ2v) is 9.43. The van der Waals surface area contributed by atoms with Gasteiger partial charge in [0.05, 0.1) is 0 Å². The van der Waals surface area contributed by atoms with Gasteiger partial charge in [-0.05, 0) is 91.8 Å². The summed E-state index contributed by atoms with van der Waals surface area (Å²) in [6, 6.07) is 0. The Balaban J connectivity index is 1.64. The lowest BCUT2D eigenvalue weighted by Gasteiger charge is -2.60. The van der Waals surface area contributed by atoms with Crippen LogP contribution in [0.25, 0.3) is 0 Å². The fraction of sp³-hybridized carbons (Fsp3) is 1.00. The van der Waals surface area contributed by atoms with Gasteiger partial charge in [-0.3, -0.25) is 0 Å². The first-order valence-electron chi connectivity index (χ1n) is 9.56. The monoisotopic (exact) mass is 274 g/mol. The normalized spacial score (nSPS) is 58.6. The van der Waals surface area contributed by atoms with Gasteiger partial charge in [0.2, 0.25) is 0 Å². The first-order chi connectivity index (χ1) is 9.56. The van der Waals surface area contributed by atoms with Gasteiger partial charge in [-0.2, -0.15) is 0 Å². The summed E-state index contributed by atoms with van der Waals surface area (Å²) in [6.45, 7) is 7.91. The molecule has 0 aromatic carbocycles. The zero-order chi connectivity index (χ0) is 14.0. The van der Waals surface area contributed by atoms with Crippen molar-refractivity contribution < 1.29 is 0 Å². The maximum absolute atomic E-state index is 2.70. The minimum absolute atomic E-state index is 0.707. The molecule has 0 aromatic heterocycles. The largest absolute Gasteiger partial charge is 0.0620 e. The molecule has 0 saturated heterocycles. The van der Waals surface area contributed by atoms with E-state index < -0.39 is 0 Å². The molecule has 4 rings (SSSR count). The van der Waals surface area contributed by atoms with Crippen molar-refractivity contribution in [2.24, 2.45) is 40.4 Å². The van der Waals surface area contributed by atoms with Crippen LogP contribution in [-0.2, 0) is 0 Å². The summed E-state index contributed by atoms with van der Waals surface area (Å²) in [7, 11) is 0. The Bertz CT molecular complexity index is 385. The highest BCUT2D eigenvalue weighted by atomic mass is 14.6. The van der Waals surface area contributed by atoms with Gasteiger partial charge in [-0.15, -0.1) is 0 Å². The third-order valence-electron chi connectivity index (χ3n) is 9.06. The van der Waals surface area contributed by atoms with E-state index in [4.69, 9.17) is 0 Å². The van der Waals surface area contributed by atoms with Crippen LogP contribution in [0.4, 0.5) is 0 Å². The lowest BCUT2D eigenvalue weighted by molar-refractivity contribution is -0.109. The second-order valence-electron chi connectivity index (χ2n) is 9.43. The molecule has 0 aromatic rings. The summed E-state index contributed by atoms with van der Waals surface area (Å²) in [6.07, 6.45) is 15.5. The van der Waals surface area contributed by atoms with Gasteiger partial charge in [-0.1, -0.05) is 33.6 Å². The van der Waals surface area contributed by atoms with Crippen molar-refractivity contribution >= 4 is 0 Å². The topological polar surface area (TPSA) is 0 Å². The van der Waals surface area contributed by atoms with Gasteiger partial charge in [0, 0.05) is 0 Å². The Morgan fingerprint density at radius 1 is 0.700 bits per heavy atom. The molecule has 4 aliphatic rings. The highest BCUT2D eigenvalue weighted by Crippen LogP contribution is 2.67. The summed E-state index contributed by atoms with van der Waals surface area (Å²) < 4.78 is 0. The summed E-state index contributed by atoms with van der Waals surface area (Å²) in [5, 5.41) is 0. The third kappa shape index (κ3) is 1.66. The van der Waals surface area contributed by atoms with E-state index in [1.165, 1.54) is 19.3 Å². The molecule has 0 radical (unpaired) electrons. The molecular formula is C20H34. The molecule has 0 amide bonds. The summed E-state index contributed by atoms with van der Waals surface area (Å²) in [5.41, 5.74) is 1.44. The second kappa shape index (κ2) is 4.50. The summed E-state index contributed by atoms with van der Waals surface area (Å²) in [5.74, 6) is 5.34. The lowest BCUT2D eigenvalue weighted by atomic mass is 9.45. The molecule has 0 heterocycles. The van der Waals surface area contributed by atoms with Gasteiger partial charge in [0.25, 0.3) is 0 Å². The Kier molecular flexibility index (Phi) is 3.07. The van der Waals surface area contributed by atoms with Crippen LogP contribution in [0.15, 0.2) is 0 Å². The van der Waals surface area contributed by atoms with Gasteiger partial charge >= 0.3 is 0 Å². The highest BCUT2D eigenvalue weighted by Gasteiger charge is 2.58. The van der Waals surface area contributed by atoms with Gasteiger partial charge in [0.1, 0.15) is 0 Å². The van der Waals surface area contributed by atoms with Crippen molar-refractivity contribution in [1.82, 2.24) is 0 Å². The zero-order valence-electron chi connectivity index (χ0n) is 14.0. The standard InChI is InChI=1S/C20H34/c1-14-7-10-17-16-9-8-15-6-4-5-12-20(15,3)18(16)11-13-19(14,17)2/h14-18H,4-13H2,1-3H3/t14-,15-,16+,17+,18+,19-,20+/m1/s1. The Morgan fingerprint density at radius 3 is 2.35 bits per heavy atom. The smallest absolute Gasteiger partial charge is 0.0266 e. The predicted molar refractivity (Wildman–Crippen MR) is 85.5 cm³/mol. The molecule has 4 fully saturated rings. The van der Waals surface area contributed by atoms with E-state index in [0.29, 0.717) is 5.41 Å². The maximum atomic E-state index is 2.70. The van der Waals surface area contributed by atoms with Gasteiger partial charge in [0.15, 0.2) is 0 Å². The first kappa shape index (κ1) is 13.6. The molecule has 7 atom stereocenters. The van der Waals surface area contributed by atoms with Crippen molar-refractivity contribution in [3.63, 3.8) is 0 Å². The molecule has 0 spiro atoms. The lowest BCUT2D eigenvalue weighted by Crippen LogP contribution is -2.52. The third-order valence-corrected chi connectivity index (χ3v) is 9.06. The van der Waals surface area contributed by atoms with Crippen molar-refractivity contribution in [2.75, 3.05) is 0 Å². The predicted octanol–water partition coefficient (Wildman–Crippen LogP) is 6.06. The molecule has 0 aliphatic heterocycles. The SMILES string of the molecule is C[C@@H]1CC[C@H]2[C@@H]3CC[C@H]4CCCC[C@]4(C)[C@H]3CC[C@]12C. The quantitative estimate of drug-likeness (QED) is 0.504. The van der Waals surface area contributed by atoms with Crippen LogP contribution in [0.3, 0.4) is 0 Å². The van der Waals surface area contributed by atoms with Gasteiger partial charge in [-0.25, -0.2) is 0 Å². The Labute approximate surface area is 126 Å². The number of hydrogen-bond donors (Lipinski definition) is 0. The van der Waals surface area contributed by atoms with Crippen molar-refractivity contribution in [3.8, 4) is 0 Å². The zero-order valence-corrected chi connectivity index (χ0v) is 14.0. The van der Waals surface area contributed by atoms with Crippen LogP contribution in [0.5, 0.6) is 0 Å². The van der Waals surface area contributed by atoms with E-state index >= 15 is 0 Å². The first-order valence-corrected chi connectivity index (χ1v) is 9.56. The van der Waals surface area contributed by atoms with Crippen LogP contribution >= 0.6 is 0 Å². The fourth-order valence-electron chi connectivity index (χ4n) is 7.56. The van der Waals surface area contributed by atoms with E-state index in [1.54, 1.807) is 44.9 Å². The van der Waals surface area contributed by atoms with Crippen LogP contribution < -0.4 is 0 Å². The molecule has 0 bridgehead atoms. The average Bonchev–Trinajstić information content (AvgIpc) is 2.74. The van der Waals surface area contributed by atoms with E-state index in [2.05, 4.69) is 20.8 Å². The van der Waals surface area contributed by atoms with E-state index in [9.17, 15) is 0 Å². The number of hydrogen-bond acceptors (Lipinski definition) is 0. The molecule has 0 unspecified atom stereocenters. The van der Waals surface area contributed by atoms with Crippen molar-refractivity contribution in [1.29, 1.82) is 0 Å². The molecule has 114 valence electrons. The highest BCUT2D eigenvalue weighted by molar-refractivity contribution is 5.07. The molecule has 20 heavy (non-hydrogen) atoms. The van der Waals surface area contributed by atoms with Crippen molar-refractivity contribution in [2.45, 2.75) is 85.0 Å². The minimum Gasteiger partial charge on any atom is -0.0620 e. The van der Waals surface area contributed by atoms with Crippen LogP contribution in [0.1, 0.15) is 85.0 Å². The molecular weight excluding hydrogens is 240 g/mol. The van der Waals surface area contributed by atoms with Gasteiger partial charge < -0.3 is 0 Å². The maximum Gasteiger partial charge on any atom is -0.0266 e. The molecule has 4 aliphatic carbocycles. The van der Waals surface area contributed by atoms with Crippen LogP contribution in [0.2, 0.25) is 0 Å². The van der Waals surface area contributed by atoms with Crippen molar-refractivity contribution in [3.05, 3.63) is 0 Å². The molecule has 4 saturated carbocycles. The minimum atomic E-state index is 0.707. The van der Waals surface area contributed by atoms with Crippen LogP contribution in [0, 0.1) is 40.4 Å². The molecule has 0 N–H and O–H groups in total. The fourth-order valence-corrected chi connectivity index (χ4v) is 7.56. The number of rotatable bonds is 0. The Morgan fingerprint density at radius 2 is 1.50 bits per heavy atom. The summed E-state index contributed by atoms with van der Waals surface area (Å²) in [4.78, 5) is 0. The average molecular weight is 274 g/mol. The van der Waals surface area contributed by atoms with Crippen LogP contribution in [-0.4, -0.2) is 0 Å². The van der Waals surface area contributed by atoms with E-state index in [0.717, 1.165) is 35.0 Å². The molecule has 0 heteroatoms. The van der Waals surface area contributed by atoms with E-state index in [-0.39, 0.29) is 0 Å². The summed E-state index contributed by atoms with van der Waals surface area (Å²) >= 11 is 0. The molecule has 0 nitrogen and oxygen atoms in total.